The van der Waals surface area contributed by atoms with Crippen molar-refractivity contribution in [2.45, 2.75) is 0 Å². The van der Waals surface area contributed by atoms with Gasteiger partial charge in [0.1, 0.15) is 9.84 Å². The molecule has 0 aliphatic heterocycles. The van der Waals surface area contributed by atoms with Crippen LogP contribution in [0.15, 0.2) is 18.2 Å². The van der Waals surface area contributed by atoms with E-state index in [0.29, 0.717) is 0 Å². The molecule has 0 bridgehead atoms. The number of nitrogens with one attached hydrogen (secondary N) is 2. The van der Waals surface area contributed by atoms with Gasteiger partial charge in [-0.3, -0.25) is 0 Å². The van der Waals surface area contributed by atoms with Crippen LogP contribution >= 0.6 is 11.6 Å². The highest BCUT2D eigenvalue weighted by Crippen LogP contribution is 2.20. The van der Waals surface area contributed by atoms with Crippen LogP contribution in [0.1, 0.15) is 10.4 Å². The SMILES string of the molecule is CS(=O)(=O)CCNC(=O)Nc1ccc(Cl)cc1C(=O)O. The number of anilines is 1. The summed E-state index contributed by atoms with van der Waals surface area (Å²) in [5.74, 6) is -1.44. The number of halogens is 1. The van der Waals surface area contributed by atoms with Gasteiger partial charge in [-0.05, 0) is 18.2 Å². The molecule has 0 saturated carbocycles. The molecular formula is C11H13ClN2O5S. The Morgan fingerprint density at radius 1 is 1.35 bits per heavy atom. The van der Waals surface area contributed by atoms with Crippen molar-refractivity contribution in [3.63, 3.8) is 0 Å². The third-order valence-corrected chi connectivity index (χ3v) is 3.40. The highest BCUT2D eigenvalue weighted by Gasteiger charge is 2.13. The van der Waals surface area contributed by atoms with Crippen LogP contribution in [0.3, 0.4) is 0 Å². The lowest BCUT2D eigenvalue weighted by Gasteiger charge is -2.09. The second kappa shape index (κ2) is 6.58. The summed E-state index contributed by atoms with van der Waals surface area (Å²) in [6.45, 7) is -0.0688. The van der Waals surface area contributed by atoms with Gasteiger partial charge in [-0.1, -0.05) is 11.6 Å². The predicted molar refractivity (Wildman–Crippen MR) is 75.1 cm³/mol. The minimum Gasteiger partial charge on any atom is -0.478 e. The molecule has 2 amide bonds. The van der Waals surface area contributed by atoms with Crippen LogP contribution in [-0.2, 0) is 9.84 Å². The minimum absolute atomic E-state index is 0.0683. The minimum atomic E-state index is -3.17. The molecule has 0 aliphatic carbocycles. The zero-order chi connectivity index (χ0) is 15.3. The molecule has 1 rings (SSSR count). The number of amides is 2. The number of carboxylic acid groups (broad SMARTS) is 1. The summed E-state index contributed by atoms with van der Waals surface area (Å²) in [6, 6.07) is 3.29. The Morgan fingerprint density at radius 3 is 2.55 bits per heavy atom. The molecule has 7 nitrogen and oxygen atoms in total. The van der Waals surface area contributed by atoms with E-state index in [4.69, 9.17) is 16.7 Å². The molecule has 20 heavy (non-hydrogen) atoms. The number of carbonyl (C=O) groups is 2. The van der Waals surface area contributed by atoms with Crippen molar-refractivity contribution >= 4 is 39.1 Å². The monoisotopic (exact) mass is 320 g/mol. The van der Waals surface area contributed by atoms with E-state index in [1.807, 2.05) is 0 Å². The number of urea groups is 1. The highest BCUT2D eigenvalue weighted by molar-refractivity contribution is 7.90. The quantitative estimate of drug-likeness (QED) is 0.754. The fraction of sp³-hybridized carbons (Fsp3) is 0.273. The molecule has 110 valence electrons. The van der Waals surface area contributed by atoms with E-state index in [9.17, 15) is 18.0 Å². The van der Waals surface area contributed by atoms with E-state index in [2.05, 4.69) is 10.6 Å². The number of aromatic carboxylic acids is 1. The molecule has 0 saturated heterocycles. The van der Waals surface area contributed by atoms with Crippen molar-refractivity contribution in [3.8, 4) is 0 Å². The number of benzene rings is 1. The van der Waals surface area contributed by atoms with Gasteiger partial charge in [0, 0.05) is 17.8 Å². The summed E-state index contributed by atoms with van der Waals surface area (Å²) in [6.07, 6.45) is 1.05. The highest BCUT2D eigenvalue weighted by atomic mass is 35.5. The average Bonchev–Trinajstić information content (AvgIpc) is 2.29. The molecule has 0 fully saturated rings. The van der Waals surface area contributed by atoms with Crippen molar-refractivity contribution in [1.29, 1.82) is 0 Å². The summed E-state index contributed by atoms with van der Waals surface area (Å²) in [5, 5.41) is 13.8. The lowest BCUT2D eigenvalue weighted by molar-refractivity contribution is 0.0698. The first-order chi connectivity index (χ1) is 9.19. The molecule has 1 aromatic rings. The lowest BCUT2D eigenvalue weighted by atomic mass is 10.2. The number of hydrogen-bond donors (Lipinski definition) is 3. The molecule has 0 spiro atoms. The fourth-order valence-electron chi connectivity index (χ4n) is 1.32. The summed E-state index contributed by atoms with van der Waals surface area (Å²) in [4.78, 5) is 22.5. The van der Waals surface area contributed by atoms with E-state index in [-0.39, 0.29) is 28.6 Å². The summed E-state index contributed by atoms with van der Waals surface area (Å²) in [5.41, 5.74) is -0.0884. The molecule has 0 aromatic heterocycles. The third kappa shape index (κ3) is 5.45. The Morgan fingerprint density at radius 2 is 2.00 bits per heavy atom. The maximum absolute atomic E-state index is 11.5. The third-order valence-electron chi connectivity index (χ3n) is 2.22. The Balaban J connectivity index is 2.69. The van der Waals surface area contributed by atoms with Crippen LogP contribution < -0.4 is 10.6 Å². The van der Waals surface area contributed by atoms with Crippen molar-refractivity contribution in [1.82, 2.24) is 5.32 Å². The van der Waals surface area contributed by atoms with Gasteiger partial charge in [0.2, 0.25) is 0 Å². The van der Waals surface area contributed by atoms with Gasteiger partial charge in [-0.25, -0.2) is 18.0 Å². The Bertz CT molecular complexity index is 630. The Hall–Kier alpha value is -1.80. The first kappa shape index (κ1) is 16.3. The summed E-state index contributed by atoms with van der Waals surface area (Å²) < 4.78 is 21.8. The van der Waals surface area contributed by atoms with Crippen molar-refractivity contribution in [2.24, 2.45) is 0 Å². The van der Waals surface area contributed by atoms with Gasteiger partial charge in [-0.2, -0.15) is 0 Å². The van der Waals surface area contributed by atoms with Gasteiger partial charge >= 0.3 is 12.0 Å². The maximum Gasteiger partial charge on any atom is 0.337 e. The van der Waals surface area contributed by atoms with Crippen LogP contribution in [0.4, 0.5) is 10.5 Å². The number of carbonyl (C=O) groups excluding carboxylic acids is 1. The second-order valence-corrected chi connectivity index (χ2v) is 6.70. The van der Waals surface area contributed by atoms with Crippen molar-refractivity contribution in [3.05, 3.63) is 28.8 Å². The molecule has 0 heterocycles. The van der Waals surface area contributed by atoms with E-state index < -0.39 is 21.8 Å². The molecule has 0 radical (unpaired) electrons. The van der Waals surface area contributed by atoms with Crippen LogP contribution in [-0.4, -0.2) is 44.1 Å². The van der Waals surface area contributed by atoms with E-state index in [1.54, 1.807) is 0 Å². The van der Waals surface area contributed by atoms with Gasteiger partial charge in [0.15, 0.2) is 0 Å². The standard InChI is InChI=1S/C11H13ClN2O5S/c1-20(18,19)5-4-13-11(17)14-9-3-2-7(12)6-8(9)10(15)16/h2-3,6H,4-5H2,1H3,(H,15,16)(H2,13,14,17). The normalized spacial score (nSPS) is 10.9. The van der Waals surface area contributed by atoms with E-state index >= 15 is 0 Å². The first-order valence-electron chi connectivity index (χ1n) is 5.44. The summed E-state index contributed by atoms with van der Waals surface area (Å²) >= 11 is 5.67. The number of sulfone groups is 1. The predicted octanol–water partition coefficient (Wildman–Crippen LogP) is 1.20. The van der Waals surface area contributed by atoms with Gasteiger partial charge in [0.05, 0.1) is 17.0 Å². The lowest BCUT2D eigenvalue weighted by Crippen LogP contribution is -2.33. The number of rotatable bonds is 5. The number of carboxylic acids is 1. The van der Waals surface area contributed by atoms with Crippen molar-refractivity contribution in [2.75, 3.05) is 23.9 Å². The van der Waals surface area contributed by atoms with Gasteiger partial charge in [0.25, 0.3) is 0 Å². The zero-order valence-corrected chi connectivity index (χ0v) is 12.1. The second-order valence-electron chi connectivity index (χ2n) is 4.01. The van der Waals surface area contributed by atoms with E-state index in [0.717, 1.165) is 6.26 Å². The largest absolute Gasteiger partial charge is 0.478 e. The van der Waals surface area contributed by atoms with Crippen LogP contribution in [0, 0.1) is 0 Å². The number of hydrogen-bond acceptors (Lipinski definition) is 4. The summed E-state index contributed by atoms with van der Waals surface area (Å²) in [7, 11) is -3.17. The molecule has 0 atom stereocenters. The molecule has 0 unspecified atom stereocenters. The molecule has 1 aromatic carbocycles. The molecular weight excluding hydrogens is 308 g/mol. The van der Waals surface area contributed by atoms with Crippen LogP contribution in [0.25, 0.3) is 0 Å². The molecule has 3 N–H and O–H groups in total. The van der Waals surface area contributed by atoms with Crippen LogP contribution in [0.2, 0.25) is 5.02 Å². The smallest absolute Gasteiger partial charge is 0.337 e. The van der Waals surface area contributed by atoms with Crippen LogP contribution in [0.5, 0.6) is 0 Å². The average molecular weight is 321 g/mol. The fourth-order valence-corrected chi connectivity index (χ4v) is 1.96. The molecule has 9 heteroatoms. The van der Waals surface area contributed by atoms with Gasteiger partial charge in [-0.15, -0.1) is 0 Å². The van der Waals surface area contributed by atoms with Gasteiger partial charge < -0.3 is 15.7 Å². The first-order valence-corrected chi connectivity index (χ1v) is 7.88. The van der Waals surface area contributed by atoms with E-state index in [1.165, 1.54) is 18.2 Å². The molecule has 0 aliphatic rings. The maximum atomic E-state index is 11.5. The zero-order valence-electron chi connectivity index (χ0n) is 10.5. The Labute approximate surface area is 120 Å². The Kier molecular flexibility index (Phi) is 5.34. The van der Waals surface area contributed by atoms with Crippen molar-refractivity contribution < 1.29 is 23.1 Å². The topological polar surface area (TPSA) is 113 Å².